The average molecular weight is 530 g/mol. The largest absolute Gasteiger partial charge is 0.383 e. The van der Waals surface area contributed by atoms with Crippen molar-refractivity contribution in [1.82, 2.24) is 14.5 Å². The predicted octanol–water partition coefficient (Wildman–Crippen LogP) is 6.18. The van der Waals surface area contributed by atoms with Crippen LogP contribution in [0.4, 0.5) is 0 Å². The molecule has 0 saturated heterocycles. The number of carbonyl (C=O) groups excluding carboxylic acids is 1. The van der Waals surface area contributed by atoms with Gasteiger partial charge in [0, 0.05) is 34.7 Å². The molecule has 8 heteroatoms. The van der Waals surface area contributed by atoms with Crippen LogP contribution in [0.5, 0.6) is 0 Å². The normalized spacial score (nSPS) is 14.2. The molecule has 0 fully saturated rings. The summed E-state index contributed by atoms with van der Waals surface area (Å²) in [6.07, 6.45) is 5.96. The Morgan fingerprint density at radius 1 is 1.14 bits per heavy atom. The van der Waals surface area contributed by atoms with Crippen LogP contribution in [-0.2, 0) is 24.1 Å². The van der Waals surface area contributed by atoms with E-state index in [1.54, 1.807) is 29.2 Å². The third kappa shape index (κ3) is 4.43. The molecule has 3 aromatic heterocycles. The number of aryl methyl sites for hydroxylation is 2. The van der Waals surface area contributed by atoms with Gasteiger partial charge in [0.2, 0.25) is 0 Å². The van der Waals surface area contributed by atoms with Gasteiger partial charge in [0.15, 0.2) is 10.9 Å². The molecule has 2 aromatic carbocycles. The zero-order chi connectivity index (χ0) is 25.4. The lowest BCUT2D eigenvalue weighted by atomic mass is 9.97. The van der Waals surface area contributed by atoms with E-state index in [0.717, 1.165) is 52.4 Å². The minimum absolute atomic E-state index is 0.0215. The molecule has 1 N–H and O–H groups in total. The molecule has 0 aliphatic heterocycles. The maximum absolute atomic E-state index is 14.1. The topological polar surface area (TPSA) is 77.0 Å². The van der Waals surface area contributed by atoms with Gasteiger partial charge in [-0.3, -0.25) is 14.2 Å². The number of rotatable bonds is 8. The van der Waals surface area contributed by atoms with Crippen molar-refractivity contribution in [2.45, 2.75) is 42.6 Å². The van der Waals surface area contributed by atoms with Crippen LogP contribution in [0.1, 0.15) is 44.5 Å². The van der Waals surface area contributed by atoms with E-state index in [2.05, 4.69) is 4.98 Å². The maximum Gasteiger partial charge on any atom is 0.263 e. The van der Waals surface area contributed by atoms with Crippen LogP contribution in [0, 0.1) is 0 Å². The van der Waals surface area contributed by atoms with Gasteiger partial charge >= 0.3 is 0 Å². The molecule has 1 atom stereocenters. The number of fused-ring (bicyclic) bond motifs is 4. The van der Waals surface area contributed by atoms with Crippen LogP contribution in [0.2, 0.25) is 0 Å². The van der Waals surface area contributed by atoms with Crippen molar-refractivity contribution in [3.05, 3.63) is 92.7 Å². The molecule has 6 nitrogen and oxygen atoms in total. The molecule has 188 valence electrons. The van der Waals surface area contributed by atoms with Crippen LogP contribution in [0.25, 0.3) is 21.1 Å². The Hall–Kier alpha value is -3.20. The van der Waals surface area contributed by atoms with E-state index < -0.39 is 5.25 Å². The number of para-hydroxylation sites is 1. The monoisotopic (exact) mass is 529 g/mol. The smallest absolute Gasteiger partial charge is 0.263 e. The van der Waals surface area contributed by atoms with Crippen molar-refractivity contribution < 1.29 is 9.53 Å². The van der Waals surface area contributed by atoms with E-state index in [4.69, 9.17) is 9.72 Å². The molecule has 1 aliphatic carbocycles. The fraction of sp³-hybridized carbons (Fsp3) is 0.276. The van der Waals surface area contributed by atoms with Crippen LogP contribution < -0.4 is 5.56 Å². The summed E-state index contributed by atoms with van der Waals surface area (Å²) in [7, 11) is 1.63. The van der Waals surface area contributed by atoms with E-state index in [-0.39, 0.29) is 11.3 Å². The number of aromatic nitrogens is 3. The van der Waals surface area contributed by atoms with E-state index >= 15 is 0 Å². The highest BCUT2D eigenvalue weighted by molar-refractivity contribution is 8.00. The molecule has 37 heavy (non-hydrogen) atoms. The molecule has 6 rings (SSSR count). The van der Waals surface area contributed by atoms with Gasteiger partial charge in [-0.05, 0) is 42.9 Å². The van der Waals surface area contributed by atoms with E-state index in [9.17, 15) is 9.59 Å². The van der Waals surface area contributed by atoms with Crippen LogP contribution >= 0.6 is 23.1 Å². The average Bonchev–Trinajstić information content (AvgIpc) is 3.53. The van der Waals surface area contributed by atoms with Crippen molar-refractivity contribution in [1.29, 1.82) is 0 Å². The first-order valence-corrected chi connectivity index (χ1v) is 14.2. The lowest BCUT2D eigenvalue weighted by molar-refractivity contribution is 0.0991. The fourth-order valence-electron chi connectivity index (χ4n) is 5.11. The number of nitrogens with one attached hydrogen (secondary N) is 1. The first kappa shape index (κ1) is 24.2. The van der Waals surface area contributed by atoms with E-state index in [0.29, 0.717) is 23.9 Å². The van der Waals surface area contributed by atoms with Crippen molar-refractivity contribution in [2.75, 3.05) is 13.7 Å². The van der Waals surface area contributed by atoms with Gasteiger partial charge in [0.25, 0.3) is 5.56 Å². The Kier molecular flexibility index (Phi) is 6.71. The molecule has 0 bridgehead atoms. The second-order valence-corrected chi connectivity index (χ2v) is 11.4. The number of ether oxygens (including phenoxy) is 1. The second kappa shape index (κ2) is 10.3. The molecule has 0 unspecified atom stereocenters. The van der Waals surface area contributed by atoms with Crippen molar-refractivity contribution in [2.24, 2.45) is 0 Å². The standard InChI is InChI=1S/C29H27N3O3S2/c1-35-16-15-32-28(34)24-20-12-6-8-14-23(20)36-27(24)31-29(32)37-26(18-9-3-2-4-10-18)25(33)21-17-30-22-13-7-5-11-19(21)22/h2-5,7,9-11,13,17,26,30H,6,8,12,14-16H2,1H3/t26-/m1/s1. The molecule has 3 heterocycles. The summed E-state index contributed by atoms with van der Waals surface area (Å²) >= 11 is 2.98. The number of ketones is 1. The fourth-order valence-corrected chi connectivity index (χ4v) is 7.61. The SMILES string of the molecule is COCCn1c(S[C@@H](C(=O)c2c[nH]c3ccccc23)c2ccccc2)nc2sc3c(c2c1=O)CCCC3. The Morgan fingerprint density at radius 2 is 1.92 bits per heavy atom. The van der Waals surface area contributed by atoms with Gasteiger partial charge in [-0.2, -0.15) is 0 Å². The van der Waals surface area contributed by atoms with Gasteiger partial charge in [-0.1, -0.05) is 60.3 Å². The third-order valence-electron chi connectivity index (χ3n) is 6.98. The number of methoxy groups -OCH3 is 1. The summed E-state index contributed by atoms with van der Waals surface area (Å²) in [5.74, 6) is -0.0215. The molecular formula is C29H27N3O3S2. The molecular weight excluding hydrogens is 502 g/mol. The highest BCUT2D eigenvalue weighted by atomic mass is 32.2. The minimum Gasteiger partial charge on any atom is -0.383 e. The molecule has 0 radical (unpaired) electrons. The number of thiophene rings is 1. The summed E-state index contributed by atoms with van der Waals surface area (Å²) < 4.78 is 7.05. The zero-order valence-corrected chi connectivity index (χ0v) is 22.2. The molecule has 5 aromatic rings. The highest BCUT2D eigenvalue weighted by Crippen LogP contribution is 2.40. The minimum atomic E-state index is -0.562. The number of H-pyrrole nitrogens is 1. The number of Topliss-reactive ketones (excluding diaryl/α,β-unsaturated/α-hetero) is 1. The van der Waals surface area contributed by atoms with Crippen molar-refractivity contribution in [3.8, 4) is 0 Å². The summed E-state index contributed by atoms with van der Waals surface area (Å²) in [5, 5.41) is 1.63. The Balaban J connectivity index is 1.49. The van der Waals surface area contributed by atoms with E-state index in [1.807, 2.05) is 54.6 Å². The van der Waals surface area contributed by atoms with Gasteiger partial charge in [0.05, 0.1) is 18.5 Å². The quantitative estimate of drug-likeness (QED) is 0.148. The maximum atomic E-state index is 14.1. The second-order valence-electron chi connectivity index (χ2n) is 9.26. The van der Waals surface area contributed by atoms with Crippen molar-refractivity contribution >= 4 is 50.0 Å². The van der Waals surface area contributed by atoms with Gasteiger partial charge in [-0.25, -0.2) is 4.98 Å². The number of nitrogens with zero attached hydrogens (tertiary/aromatic N) is 2. The summed E-state index contributed by atoms with van der Waals surface area (Å²) in [6.45, 7) is 0.771. The Labute approximate surface area is 222 Å². The number of carbonyl (C=O) groups is 1. The highest BCUT2D eigenvalue weighted by Gasteiger charge is 2.29. The van der Waals surface area contributed by atoms with Crippen LogP contribution in [0.15, 0.2) is 70.7 Å². The Bertz CT molecular complexity index is 1650. The molecule has 1 aliphatic rings. The van der Waals surface area contributed by atoms with Crippen LogP contribution in [0.3, 0.4) is 0 Å². The summed E-state index contributed by atoms with van der Waals surface area (Å²) in [5.41, 5.74) is 3.57. The first-order chi connectivity index (χ1) is 18.2. The molecule has 0 saturated carbocycles. The number of thioether (sulfide) groups is 1. The number of hydrogen-bond donors (Lipinski definition) is 1. The molecule has 0 spiro atoms. The molecule has 0 amide bonds. The van der Waals surface area contributed by atoms with Gasteiger partial charge in [-0.15, -0.1) is 11.3 Å². The number of benzene rings is 2. The zero-order valence-electron chi connectivity index (χ0n) is 20.5. The Morgan fingerprint density at radius 3 is 2.76 bits per heavy atom. The van der Waals surface area contributed by atoms with Crippen molar-refractivity contribution in [3.63, 3.8) is 0 Å². The lowest BCUT2D eigenvalue weighted by Gasteiger charge is -2.18. The number of aromatic amines is 1. The van der Waals surface area contributed by atoms with Gasteiger partial charge < -0.3 is 9.72 Å². The number of hydrogen-bond acceptors (Lipinski definition) is 6. The van der Waals surface area contributed by atoms with E-state index in [1.165, 1.54) is 22.2 Å². The van der Waals surface area contributed by atoms with Crippen LogP contribution in [-0.4, -0.2) is 34.0 Å². The first-order valence-electron chi connectivity index (χ1n) is 12.5. The predicted molar refractivity (Wildman–Crippen MR) is 150 cm³/mol. The van der Waals surface area contributed by atoms with Gasteiger partial charge in [0.1, 0.15) is 10.1 Å². The third-order valence-corrected chi connectivity index (χ3v) is 9.41. The lowest BCUT2D eigenvalue weighted by Crippen LogP contribution is -2.26. The summed E-state index contributed by atoms with van der Waals surface area (Å²) in [6, 6.07) is 17.6. The summed E-state index contributed by atoms with van der Waals surface area (Å²) in [4.78, 5) is 38.2.